The van der Waals surface area contributed by atoms with Crippen LogP contribution in [0.15, 0.2) is 30.3 Å². The van der Waals surface area contributed by atoms with Gasteiger partial charge < -0.3 is 14.7 Å². The fourth-order valence-electron chi connectivity index (χ4n) is 4.44. The molecule has 166 valence electrons. The lowest BCUT2D eigenvalue weighted by molar-refractivity contribution is -0.143. The lowest BCUT2D eigenvalue weighted by Gasteiger charge is -2.37. The molecule has 6 nitrogen and oxygen atoms in total. The summed E-state index contributed by atoms with van der Waals surface area (Å²) in [5.74, 6) is -1.42. The van der Waals surface area contributed by atoms with Gasteiger partial charge in [0, 0.05) is 30.8 Å². The minimum Gasteiger partial charge on any atom is -0.479 e. The molecule has 4 rings (SSSR count). The number of fused-ring (bicyclic) bond motifs is 1. The van der Waals surface area contributed by atoms with E-state index in [0.717, 1.165) is 36.3 Å². The minimum atomic E-state index is -1.44. The Balaban J connectivity index is 1.81. The van der Waals surface area contributed by atoms with Crippen LogP contribution in [0, 0.1) is 0 Å². The van der Waals surface area contributed by atoms with Crippen molar-refractivity contribution in [3.8, 4) is 0 Å². The number of ether oxygens (including phenoxy) is 1. The van der Waals surface area contributed by atoms with Gasteiger partial charge >= 0.3 is 5.97 Å². The number of anilines is 1. The molecule has 0 aliphatic carbocycles. The molecule has 0 spiro atoms. The van der Waals surface area contributed by atoms with Crippen LogP contribution in [0.1, 0.15) is 41.1 Å². The van der Waals surface area contributed by atoms with Crippen LogP contribution >= 0.6 is 22.9 Å². The SMILES string of the molecule is CN1CCc2cc(N(C(=O)c3ccc(Cl)s3)[C@]3(C(=O)O)CCOC3)ccc2CC1(C)C. The number of thiophene rings is 1. The number of hydrogen-bond acceptors (Lipinski definition) is 5. The van der Waals surface area contributed by atoms with Crippen LogP contribution in [0.4, 0.5) is 5.69 Å². The van der Waals surface area contributed by atoms with E-state index in [1.165, 1.54) is 10.5 Å². The maximum atomic E-state index is 13.6. The van der Waals surface area contributed by atoms with E-state index in [-0.39, 0.29) is 24.5 Å². The zero-order valence-corrected chi connectivity index (χ0v) is 19.6. The lowest BCUT2D eigenvalue weighted by Crippen LogP contribution is -2.58. The van der Waals surface area contributed by atoms with E-state index in [4.69, 9.17) is 16.3 Å². The molecule has 1 aromatic carbocycles. The maximum Gasteiger partial charge on any atom is 0.332 e. The molecule has 1 aromatic heterocycles. The zero-order chi connectivity index (χ0) is 22.4. The number of benzene rings is 1. The molecule has 0 radical (unpaired) electrons. The van der Waals surface area contributed by atoms with Crippen LogP contribution in [0.2, 0.25) is 4.34 Å². The molecule has 1 saturated heterocycles. The van der Waals surface area contributed by atoms with Crippen LogP contribution in [0.5, 0.6) is 0 Å². The molecule has 2 aliphatic heterocycles. The summed E-state index contributed by atoms with van der Waals surface area (Å²) in [5.41, 5.74) is 1.55. The first-order valence-corrected chi connectivity index (χ1v) is 11.6. The number of likely N-dealkylation sites (N-methyl/N-ethyl adjacent to an activating group) is 1. The van der Waals surface area contributed by atoms with Crippen molar-refractivity contribution in [1.82, 2.24) is 4.90 Å². The molecular weight excluding hydrogens is 436 g/mol. The molecule has 2 aromatic rings. The van der Waals surface area contributed by atoms with E-state index in [1.54, 1.807) is 12.1 Å². The van der Waals surface area contributed by atoms with Crippen LogP contribution in [-0.2, 0) is 22.4 Å². The fourth-order valence-corrected chi connectivity index (χ4v) is 5.41. The number of carboxylic acids is 1. The first kappa shape index (κ1) is 22.3. The summed E-state index contributed by atoms with van der Waals surface area (Å²) in [5, 5.41) is 10.2. The standard InChI is InChI=1S/C23H27ClN2O4S/c1-22(2)13-16-4-5-17(12-15(16)8-10-25(22)3)26(20(27)18-6-7-19(24)31-18)23(21(28)29)9-11-30-14-23/h4-7,12H,8-11,13-14H2,1-3H3,(H,28,29)/t23-/m1/s1. The van der Waals surface area contributed by atoms with Gasteiger partial charge in [0.25, 0.3) is 5.91 Å². The number of aliphatic carboxylic acids is 1. The number of carbonyl (C=O) groups is 2. The summed E-state index contributed by atoms with van der Waals surface area (Å²) < 4.78 is 5.97. The Labute approximate surface area is 191 Å². The lowest BCUT2D eigenvalue weighted by atomic mass is 9.91. The summed E-state index contributed by atoms with van der Waals surface area (Å²) in [4.78, 5) is 30.2. The Morgan fingerprint density at radius 1 is 1.23 bits per heavy atom. The average molecular weight is 463 g/mol. The molecule has 0 bridgehead atoms. The van der Waals surface area contributed by atoms with Crippen molar-refractivity contribution in [2.45, 2.75) is 44.2 Å². The van der Waals surface area contributed by atoms with Gasteiger partial charge in [-0.2, -0.15) is 0 Å². The third-order valence-corrected chi connectivity index (χ3v) is 7.85. The molecule has 2 aliphatic rings. The number of nitrogens with zero attached hydrogens (tertiary/aromatic N) is 2. The molecular formula is C23H27ClN2O4S. The van der Waals surface area contributed by atoms with Crippen molar-refractivity contribution in [3.05, 3.63) is 50.7 Å². The molecule has 1 amide bonds. The summed E-state index contributed by atoms with van der Waals surface area (Å²) in [6, 6.07) is 9.20. The highest BCUT2D eigenvalue weighted by atomic mass is 35.5. The number of amides is 1. The molecule has 1 N–H and O–H groups in total. The second-order valence-electron chi connectivity index (χ2n) is 9.00. The quantitative estimate of drug-likeness (QED) is 0.740. The van der Waals surface area contributed by atoms with Gasteiger partial charge in [-0.15, -0.1) is 11.3 Å². The number of rotatable bonds is 4. The van der Waals surface area contributed by atoms with E-state index in [9.17, 15) is 14.7 Å². The van der Waals surface area contributed by atoms with Gasteiger partial charge in [-0.1, -0.05) is 17.7 Å². The molecule has 0 unspecified atom stereocenters. The minimum absolute atomic E-state index is 0.0254. The van der Waals surface area contributed by atoms with Crippen molar-refractivity contribution in [2.75, 3.05) is 31.7 Å². The average Bonchev–Trinajstić information content (AvgIpc) is 3.35. The summed E-state index contributed by atoms with van der Waals surface area (Å²) in [7, 11) is 2.12. The summed E-state index contributed by atoms with van der Waals surface area (Å²) in [6.45, 7) is 5.60. The van der Waals surface area contributed by atoms with Gasteiger partial charge in [-0.3, -0.25) is 9.69 Å². The molecule has 1 fully saturated rings. The largest absolute Gasteiger partial charge is 0.479 e. The Morgan fingerprint density at radius 3 is 2.61 bits per heavy atom. The van der Waals surface area contributed by atoms with Crippen molar-refractivity contribution in [3.63, 3.8) is 0 Å². The third kappa shape index (κ3) is 4.00. The van der Waals surface area contributed by atoms with Gasteiger partial charge in [-0.05, 0) is 69.1 Å². The second kappa shape index (κ2) is 8.20. The van der Waals surface area contributed by atoms with E-state index in [0.29, 0.717) is 21.5 Å². The van der Waals surface area contributed by atoms with E-state index in [1.807, 2.05) is 18.2 Å². The van der Waals surface area contributed by atoms with E-state index in [2.05, 4.69) is 25.8 Å². The first-order valence-electron chi connectivity index (χ1n) is 10.4. The Hall–Kier alpha value is -1.93. The summed E-state index contributed by atoms with van der Waals surface area (Å²) >= 11 is 7.22. The predicted octanol–water partition coefficient (Wildman–Crippen LogP) is 4.10. The zero-order valence-electron chi connectivity index (χ0n) is 18.0. The van der Waals surface area contributed by atoms with Crippen LogP contribution in [0.3, 0.4) is 0 Å². The fraction of sp³-hybridized carbons (Fsp3) is 0.478. The smallest absolute Gasteiger partial charge is 0.332 e. The number of carboxylic acid groups (broad SMARTS) is 1. The topological polar surface area (TPSA) is 70.1 Å². The molecule has 31 heavy (non-hydrogen) atoms. The Bertz CT molecular complexity index is 1010. The highest BCUT2D eigenvalue weighted by molar-refractivity contribution is 7.18. The number of halogens is 1. The van der Waals surface area contributed by atoms with Crippen molar-refractivity contribution < 1.29 is 19.4 Å². The molecule has 3 heterocycles. The van der Waals surface area contributed by atoms with E-state index >= 15 is 0 Å². The molecule has 1 atom stereocenters. The maximum absolute atomic E-state index is 13.6. The molecule has 8 heteroatoms. The van der Waals surface area contributed by atoms with Gasteiger partial charge in [0.05, 0.1) is 15.8 Å². The van der Waals surface area contributed by atoms with Crippen LogP contribution < -0.4 is 4.90 Å². The van der Waals surface area contributed by atoms with Crippen LogP contribution in [-0.4, -0.2) is 59.8 Å². The highest BCUT2D eigenvalue weighted by Gasteiger charge is 2.51. The predicted molar refractivity (Wildman–Crippen MR) is 123 cm³/mol. The highest BCUT2D eigenvalue weighted by Crippen LogP contribution is 2.37. The second-order valence-corrected chi connectivity index (χ2v) is 10.7. The monoisotopic (exact) mass is 462 g/mol. The van der Waals surface area contributed by atoms with Gasteiger partial charge in [0.2, 0.25) is 0 Å². The van der Waals surface area contributed by atoms with Gasteiger partial charge in [0.15, 0.2) is 5.54 Å². The Morgan fingerprint density at radius 2 is 2.00 bits per heavy atom. The van der Waals surface area contributed by atoms with Crippen molar-refractivity contribution >= 4 is 40.5 Å². The number of hydrogen-bond donors (Lipinski definition) is 1. The third-order valence-electron chi connectivity index (χ3n) is 6.64. The van der Waals surface area contributed by atoms with Crippen molar-refractivity contribution in [2.24, 2.45) is 0 Å². The van der Waals surface area contributed by atoms with Crippen molar-refractivity contribution in [1.29, 1.82) is 0 Å². The normalized spacial score (nSPS) is 23.2. The van der Waals surface area contributed by atoms with E-state index < -0.39 is 11.5 Å². The number of carbonyl (C=O) groups excluding carboxylic acids is 1. The Kier molecular flexibility index (Phi) is 5.89. The molecule has 0 saturated carbocycles. The van der Waals surface area contributed by atoms with Gasteiger partial charge in [0.1, 0.15) is 0 Å². The van der Waals surface area contributed by atoms with Crippen LogP contribution in [0.25, 0.3) is 0 Å². The summed E-state index contributed by atoms with van der Waals surface area (Å²) in [6.07, 6.45) is 1.97. The first-order chi connectivity index (χ1) is 14.6. The van der Waals surface area contributed by atoms with Gasteiger partial charge in [-0.25, -0.2) is 4.79 Å².